The van der Waals surface area contributed by atoms with Crippen LogP contribution in [0.1, 0.15) is 79.6 Å². The summed E-state index contributed by atoms with van der Waals surface area (Å²) in [5.41, 5.74) is -0.401. The molecule has 3 heteroatoms. The number of unbranched alkanes of at least 4 members (excludes halogenated alkanes) is 2. The molecule has 2 atom stereocenters. The Bertz CT molecular complexity index is 283. The number of ether oxygens (including phenoxy) is 1. The van der Waals surface area contributed by atoms with Gasteiger partial charge in [-0.3, -0.25) is 0 Å². The molecule has 1 amide bonds. The number of likely N-dealkylation sites (tertiary alicyclic amines) is 1. The monoisotopic (exact) mass is 269 g/mol. The summed E-state index contributed by atoms with van der Waals surface area (Å²) in [5.74, 6) is 0. The summed E-state index contributed by atoms with van der Waals surface area (Å²) < 4.78 is 5.57. The molecule has 0 bridgehead atoms. The highest BCUT2D eigenvalue weighted by Crippen LogP contribution is 2.28. The van der Waals surface area contributed by atoms with Crippen molar-refractivity contribution in [2.45, 2.75) is 97.2 Å². The van der Waals surface area contributed by atoms with Crippen molar-refractivity contribution in [2.75, 3.05) is 0 Å². The first-order chi connectivity index (χ1) is 8.85. The summed E-state index contributed by atoms with van der Waals surface area (Å²) in [4.78, 5) is 14.4. The normalized spacial score (nSPS) is 24.4. The lowest BCUT2D eigenvalue weighted by atomic mass is 9.93. The van der Waals surface area contributed by atoms with E-state index in [0.29, 0.717) is 12.1 Å². The van der Waals surface area contributed by atoms with Crippen LogP contribution in [0.2, 0.25) is 0 Å². The van der Waals surface area contributed by atoms with E-state index in [1.54, 1.807) is 0 Å². The first-order valence-electron chi connectivity index (χ1n) is 7.86. The fourth-order valence-corrected chi connectivity index (χ4v) is 2.84. The van der Waals surface area contributed by atoms with Crippen LogP contribution in [0.25, 0.3) is 0 Å². The van der Waals surface area contributed by atoms with Gasteiger partial charge < -0.3 is 9.64 Å². The SMILES string of the molecule is CCCCC[C@@H]1CCC[C@@H](C)N1C(=O)OC(C)(C)C. The molecule has 1 fully saturated rings. The third kappa shape index (κ3) is 5.42. The van der Waals surface area contributed by atoms with Crippen LogP contribution < -0.4 is 0 Å². The number of nitrogens with zero attached hydrogens (tertiary/aromatic N) is 1. The molecule has 1 rings (SSSR count). The van der Waals surface area contributed by atoms with E-state index in [2.05, 4.69) is 13.8 Å². The molecule has 0 aromatic rings. The van der Waals surface area contributed by atoms with Gasteiger partial charge in [0, 0.05) is 12.1 Å². The predicted molar refractivity (Wildman–Crippen MR) is 79.3 cm³/mol. The van der Waals surface area contributed by atoms with Gasteiger partial charge in [0.25, 0.3) is 0 Å². The van der Waals surface area contributed by atoms with Crippen LogP contribution >= 0.6 is 0 Å². The molecule has 0 radical (unpaired) electrons. The molecule has 1 saturated heterocycles. The summed E-state index contributed by atoms with van der Waals surface area (Å²) in [5, 5.41) is 0. The molecule has 0 N–H and O–H groups in total. The minimum atomic E-state index is -0.401. The smallest absolute Gasteiger partial charge is 0.410 e. The molecular formula is C16H31NO2. The van der Waals surface area contributed by atoms with Gasteiger partial charge in [0.05, 0.1) is 0 Å². The average molecular weight is 269 g/mol. The Labute approximate surface area is 118 Å². The first-order valence-corrected chi connectivity index (χ1v) is 7.86. The van der Waals surface area contributed by atoms with E-state index in [4.69, 9.17) is 4.74 Å². The molecule has 1 aliphatic heterocycles. The van der Waals surface area contributed by atoms with Crippen molar-refractivity contribution >= 4 is 6.09 Å². The number of hydrogen-bond acceptors (Lipinski definition) is 2. The lowest BCUT2D eigenvalue weighted by Crippen LogP contribution is -2.50. The van der Waals surface area contributed by atoms with Crippen molar-refractivity contribution in [2.24, 2.45) is 0 Å². The van der Waals surface area contributed by atoms with Crippen molar-refractivity contribution in [3.05, 3.63) is 0 Å². The Balaban J connectivity index is 2.63. The number of rotatable bonds is 4. The van der Waals surface area contributed by atoms with E-state index in [-0.39, 0.29) is 6.09 Å². The summed E-state index contributed by atoms with van der Waals surface area (Å²) in [6, 6.07) is 0.695. The highest BCUT2D eigenvalue weighted by atomic mass is 16.6. The summed E-state index contributed by atoms with van der Waals surface area (Å²) >= 11 is 0. The minimum absolute atomic E-state index is 0.124. The number of piperidine rings is 1. The topological polar surface area (TPSA) is 29.5 Å². The minimum Gasteiger partial charge on any atom is -0.444 e. The van der Waals surface area contributed by atoms with Crippen molar-refractivity contribution in [3.63, 3.8) is 0 Å². The molecule has 0 aliphatic carbocycles. The number of amides is 1. The lowest BCUT2D eigenvalue weighted by Gasteiger charge is -2.41. The first kappa shape index (κ1) is 16.3. The molecule has 3 nitrogen and oxygen atoms in total. The van der Waals surface area contributed by atoms with Gasteiger partial charge in [-0.05, 0) is 53.4 Å². The maximum atomic E-state index is 12.4. The molecule has 0 saturated carbocycles. The Morgan fingerprint density at radius 1 is 1.26 bits per heavy atom. The quantitative estimate of drug-likeness (QED) is 0.690. The third-order valence-electron chi connectivity index (χ3n) is 3.77. The second-order valence-electron chi connectivity index (χ2n) is 6.82. The molecular weight excluding hydrogens is 238 g/mol. The molecule has 1 heterocycles. The van der Waals surface area contributed by atoms with Crippen molar-refractivity contribution in [3.8, 4) is 0 Å². The van der Waals surface area contributed by atoms with Crippen LogP contribution in [-0.4, -0.2) is 28.7 Å². The van der Waals surface area contributed by atoms with E-state index in [9.17, 15) is 4.79 Å². The van der Waals surface area contributed by atoms with Gasteiger partial charge in [-0.2, -0.15) is 0 Å². The molecule has 112 valence electrons. The van der Waals surface area contributed by atoms with Crippen LogP contribution in [0.4, 0.5) is 4.79 Å². The van der Waals surface area contributed by atoms with Crippen LogP contribution in [-0.2, 0) is 4.74 Å². The largest absolute Gasteiger partial charge is 0.444 e. The third-order valence-corrected chi connectivity index (χ3v) is 3.77. The van der Waals surface area contributed by atoms with Gasteiger partial charge in [0.15, 0.2) is 0 Å². The van der Waals surface area contributed by atoms with Crippen molar-refractivity contribution in [1.82, 2.24) is 4.90 Å². The van der Waals surface area contributed by atoms with Crippen LogP contribution in [0.15, 0.2) is 0 Å². The van der Waals surface area contributed by atoms with Gasteiger partial charge >= 0.3 is 6.09 Å². The highest BCUT2D eigenvalue weighted by Gasteiger charge is 2.34. The lowest BCUT2D eigenvalue weighted by molar-refractivity contribution is -0.00428. The maximum Gasteiger partial charge on any atom is 0.410 e. The Hall–Kier alpha value is -0.730. The zero-order valence-corrected chi connectivity index (χ0v) is 13.4. The Morgan fingerprint density at radius 3 is 2.53 bits per heavy atom. The molecule has 0 unspecified atom stereocenters. The number of hydrogen-bond donors (Lipinski definition) is 0. The summed E-state index contributed by atoms with van der Waals surface area (Å²) in [6.45, 7) is 10.2. The Kier molecular flexibility index (Phi) is 6.15. The zero-order valence-electron chi connectivity index (χ0n) is 13.4. The van der Waals surface area contributed by atoms with Gasteiger partial charge in [-0.1, -0.05) is 26.2 Å². The van der Waals surface area contributed by atoms with E-state index in [0.717, 1.165) is 19.3 Å². The number of carbonyl (C=O) groups is 1. The van der Waals surface area contributed by atoms with E-state index in [1.807, 2.05) is 25.7 Å². The van der Waals surface area contributed by atoms with E-state index >= 15 is 0 Å². The molecule has 0 aromatic heterocycles. The molecule has 19 heavy (non-hydrogen) atoms. The number of carbonyl (C=O) groups excluding carboxylic acids is 1. The molecule has 1 aliphatic rings. The molecule has 0 spiro atoms. The van der Waals surface area contributed by atoms with Gasteiger partial charge in [0.1, 0.15) is 5.60 Å². The maximum absolute atomic E-state index is 12.4. The predicted octanol–water partition coefficient (Wildman–Crippen LogP) is 4.74. The van der Waals surface area contributed by atoms with Crippen LogP contribution in [0.3, 0.4) is 0 Å². The van der Waals surface area contributed by atoms with Gasteiger partial charge in [-0.25, -0.2) is 4.79 Å². The molecule has 0 aromatic carbocycles. The second kappa shape index (κ2) is 7.16. The van der Waals surface area contributed by atoms with Crippen molar-refractivity contribution < 1.29 is 9.53 Å². The summed E-state index contributed by atoms with van der Waals surface area (Å²) in [6.07, 6.45) is 8.17. The average Bonchev–Trinajstić information content (AvgIpc) is 2.26. The second-order valence-corrected chi connectivity index (χ2v) is 6.82. The Morgan fingerprint density at radius 2 is 1.95 bits per heavy atom. The fourth-order valence-electron chi connectivity index (χ4n) is 2.84. The summed E-state index contributed by atoms with van der Waals surface area (Å²) in [7, 11) is 0. The standard InChI is InChI=1S/C16H31NO2/c1-6-7-8-11-14-12-9-10-13(2)17(14)15(18)19-16(3,4)5/h13-14H,6-12H2,1-5H3/t13-,14-/m1/s1. The van der Waals surface area contributed by atoms with Crippen LogP contribution in [0, 0.1) is 0 Å². The van der Waals surface area contributed by atoms with Crippen molar-refractivity contribution in [1.29, 1.82) is 0 Å². The van der Waals surface area contributed by atoms with E-state index < -0.39 is 5.60 Å². The zero-order chi connectivity index (χ0) is 14.5. The van der Waals surface area contributed by atoms with Crippen LogP contribution in [0.5, 0.6) is 0 Å². The van der Waals surface area contributed by atoms with Gasteiger partial charge in [0.2, 0.25) is 0 Å². The van der Waals surface area contributed by atoms with E-state index in [1.165, 1.54) is 25.7 Å². The highest BCUT2D eigenvalue weighted by molar-refractivity contribution is 5.69. The fraction of sp³-hybridized carbons (Fsp3) is 0.938. The van der Waals surface area contributed by atoms with Gasteiger partial charge in [-0.15, -0.1) is 0 Å².